The van der Waals surface area contributed by atoms with Gasteiger partial charge < -0.3 is 0 Å². The number of likely N-dealkylation sites (tertiary alicyclic amines) is 1. The third kappa shape index (κ3) is 3.40. The Balaban J connectivity index is 1.88. The second-order valence-corrected chi connectivity index (χ2v) is 6.88. The number of aryl methyl sites for hydroxylation is 2. The molecule has 0 saturated carbocycles. The Morgan fingerprint density at radius 2 is 1.91 bits per heavy atom. The Morgan fingerprint density at radius 3 is 2.61 bits per heavy atom. The van der Waals surface area contributed by atoms with E-state index >= 15 is 0 Å². The van der Waals surface area contributed by atoms with Crippen molar-refractivity contribution in [2.24, 2.45) is 0 Å². The molecule has 2 heterocycles. The zero-order valence-electron chi connectivity index (χ0n) is 14.3. The molecule has 0 spiro atoms. The zero-order valence-corrected chi connectivity index (χ0v) is 15.1. The largest absolute Gasteiger partial charge is 0.281 e. The van der Waals surface area contributed by atoms with Gasteiger partial charge in [-0.3, -0.25) is 9.47 Å². The molecule has 124 valence electrons. The minimum atomic E-state index is 0.662. The van der Waals surface area contributed by atoms with Crippen molar-refractivity contribution in [2.75, 3.05) is 6.54 Å². The Kier molecular flexibility index (Phi) is 4.97. The van der Waals surface area contributed by atoms with Gasteiger partial charge in [-0.05, 0) is 57.5 Å². The van der Waals surface area contributed by atoms with E-state index < -0.39 is 0 Å². The first kappa shape index (κ1) is 16.4. The lowest BCUT2D eigenvalue weighted by Gasteiger charge is -2.34. The molecule has 0 amide bonds. The minimum Gasteiger partial charge on any atom is -0.281 e. The summed E-state index contributed by atoms with van der Waals surface area (Å²) in [5.74, 6) is 0.948. The first-order chi connectivity index (χ1) is 11.1. The van der Waals surface area contributed by atoms with Crippen LogP contribution >= 0.6 is 12.2 Å². The predicted octanol–water partition coefficient (Wildman–Crippen LogP) is 4.24. The smallest absolute Gasteiger partial charge is 0.203 e. The van der Waals surface area contributed by atoms with Gasteiger partial charge in [-0.2, -0.15) is 5.10 Å². The van der Waals surface area contributed by atoms with Gasteiger partial charge in [0.05, 0.1) is 6.67 Å². The topological polar surface area (TPSA) is 26.0 Å². The van der Waals surface area contributed by atoms with E-state index in [1.807, 2.05) is 11.6 Å². The van der Waals surface area contributed by atoms with Crippen molar-refractivity contribution < 1.29 is 0 Å². The van der Waals surface area contributed by atoms with Crippen LogP contribution in [0.25, 0.3) is 5.69 Å². The van der Waals surface area contributed by atoms with Gasteiger partial charge in [-0.1, -0.05) is 31.0 Å². The minimum absolute atomic E-state index is 0.662. The quantitative estimate of drug-likeness (QED) is 0.784. The highest BCUT2D eigenvalue weighted by Gasteiger charge is 2.22. The maximum atomic E-state index is 5.71. The second kappa shape index (κ2) is 6.97. The lowest BCUT2D eigenvalue weighted by molar-refractivity contribution is 0.100. The summed E-state index contributed by atoms with van der Waals surface area (Å²) in [4.78, 5) is 2.53. The molecular weight excluding hydrogens is 304 g/mol. The van der Waals surface area contributed by atoms with E-state index in [4.69, 9.17) is 17.3 Å². The van der Waals surface area contributed by atoms with Gasteiger partial charge in [0.2, 0.25) is 4.77 Å². The summed E-state index contributed by atoms with van der Waals surface area (Å²) in [6, 6.07) is 9.12. The van der Waals surface area contributed by atoms with Gasteiger partial charge in [0.25, 0.3) is 0 Å². The molecule has 0 N–H and O–H groups in total. The molecule has 5 heteroatoms. The van der Waals surface area contributed by atoms with Crippen molar-refractivity contribution in [3.63, 3.8) is 0 Å². The Hall–Kier alpha value is -1.46. The average Bonchev–Trinajstić information content (AvgIpc) is 2.83. The number of piperidine rings is 1. The van der Waals surface area contributed by atoms with E-state index in [1.54, 1.807) is 0 Å². The lowest BCUT2D eigenvalue weighted by Crippen LogP contribution is -2.40. The van der Waals surface area contributed by atoms with Crippen molar-refractivity contribution in [3.8, 4) is 5.69 Å². The van der Waals surface area contributed by atoms with Crippen molar-refractivity contribution >= 4 is 12.2 Å². The van der Waals surface area contributed by atoms with Crippen molar-refractivity contribution in [2.45, 2.75) is 59.2 Å². The molecule has 0 unspecified atom stereocenters. The van der Waals surface area contributed by atoms with Crippen molar-refractivity contribution in [1.82, 2.24) is 19.2 Å². The van der Waals surface area contributed by atoms with Crippen LogP contribution in [0.1, 0.15) is 44.0 Å². The Morgan fingerprint density at radius 1 is 1.17 bits per heavy atom. The maximum absolute atomic E-state index is 5.71. The number of hydrogen-bond donors (Lipinski definition) is 0. The van der Waals surface area contributed by atoms with Gasteiger partial charge in [-0.15, -0.1) is 0 Å². The molecule has 1 aliphatic heterocycles. The number of rotatable bonds is 4. The normalized spacial score (nSPS) is 19.2. The summed E-state index contributed by atoms with van der Waals surface area (Å²) in [6.45, 7) is 8.35. The van der Waals surface area contributed by atoms with Crippen LogP contribution in [-0.4, -0.2) is 31.8 Å². The van der Waals surface area contributed by atoms with Crippen LogP contribution in [0.2, 0.25) is 0 Å². The maximum Gasteiger partial charge on any atom is 0.203 e. The number of benzene rings is 1. The predicted molar refractivity (Wildman–Crippen MR) is 96.5 cm³/mol. The fourth-order valence-electron chi connectivity index (χ4n) is 3.48. The number of nitrogens with zero attached hydrogens (tertiary/aromatic N) is 4. The molecule has 1 saturated heterocycles. The molecule has 1 atom stereocenters. The van der Waals surface area contributed by atoms with Crippen LogP contribution < -0.4 is 0 Å². The monoisotopic (exact) mass is 330 g/mol. The van der Waals surface area contributed by atoms with Gasteiger partial charge in [-0.25, -0.2) is 4.68 Å². The van der Waals surface area contributed by atoms with Gasteiger partial charge in [0.1, 0.15) is 5.82 Å². The first-order valence-electron chi connectivity index (χ1n) is 8.57. The summed E-state index contributed by atoms with van der Waals surface area (Å²) in [5, 5.41) is 4.71. The van der Waals surface area contributed by atoms with E-state index in [0.717, 1.165) is 29.5 Å². The lowest BCUT2D eigenvalue weighted by atomic mass is 10.0. The molecule has 4 nitrogen and oxygen atoms in total. The molecule has 1 aromatic heterocycles. The molecule has 0 radical (unpaired) electrons. The molecule has 1 fully saturated rings. The summed E-state index contributed by atoms with van der Waals surface area (Å²) >= 11 is 5.71. The van der Waals surface area contributed by atoms with E-state index in [2.05, 4.69) is 47.6 Å². The average molecular weight is 331 g/mol. The number of hydrogen-bond acceptors (Lipinski definition) is 3. The SMILES string of the molecule is CC[C@H]1CCCCN1Cn1nc(C)n(-c2ccc(C)cc2)c1=S. The first-order valence-corrected chi connectivity index (χ1v) is 8.98. The Labute approximate surface area is 143 Å². The molecular formula is C18H26N4S. The molecule has 0 aliphatic carbocycles. The van der Waals surface area contributed by atoms with Crippen LogP contribution in [0.4, 0.5) is 0 Å². The van der Waals surface area contributed by atoms with Gasteiger partial charge in [0.15, 0.2) is 0 Å². The molecule has 1 aromatic carbocycles. The van der Waals surface area contributed by atoms with Crippen LogP contribution in [0.15, 0.2) is 24.3 Å². The van der Waals surface area contributed by atoms with Crippen molar-refractivity contribution in [1.29, 1.82) is 0 Å². The van der Waals surface area contributed by atoms with Crippen LogP contribution in [-0.2, 0) is 6.67 Å². The molecule has 3 rings (SSSR count). The van der Waals surface area contributed by atoms with Gasteiger partial charge in [0, 0.05) is 18.3 Å². The Bertz CT molecular complexity index is 714. The van der Waals surface area contributed by atoms with E-state index in [-0.39, 0.29) is 0 Å². The van der Waals surface area contributed by atoms with E-state index in [0.29, 0.717) is 6.04 Å². The molecule has 23 heavy (non-hydrogen) atoms. The summed E-state index contributed by atoms with van der Waals surface area (Å²) in [5.41, 5.74) is 2.35. The number of aromatic nitrogens is 3. The summed E-state index contributed by atoms with van der Waals surface area (Å²) < 4.78 is 4.84. The zero-order chi connectivity index (χ0) is 16.4. The van der Waals surface area contributed by atoms with Crippen molar-refractivity contribution in [3.05, 3.63) is 40.4 Å². The third-order valence-corrected chi connectivity index (χ3v) is 5.22. The summed E-state index contributed by atoms with van der Waals surface area (Å²) in [7, 11) is 0. The van der Waals surface area contributed by atoms with Crippen LogP contribution in [0.5, 0.6) is 0 Å². The fourth-order valence-corrected chi connectivity index (χ4v) is 3.82. The highest BCUT2D eigenvalue weighted by atomic mass is 32.1. The second-order valence-electron chi connectivity index (χ2n) is 6.51. The standard InChI is InChI=1S/C18H26N4S/c1-4-16-7-5-6-12-20(16)13-21-18(23)22(15(3)19-21)17-10-8-14(2)9-11-17/h8-11,16H,4-7,12-13H2,1-3H3/t16-/m0/s1. The van der Waals surface area contributed by atoms with Gasteiger partial charge >= 0.3 is 0 Å². The third-order valence-electron chi connectivity index (χ3n) is 4.83. The van der Waals surface area contributed by atoms with E-state index in [1.165, 1.54) is 31.2 Å². The molecule has 1 aliphatic rings. The summed E-state index contributed by atoms with van der Waals surface area (Å²) in [6.07, 6.45) is 5.12. The molecule has 0 bridgehead atoms. The van der Waals surface area contributed by atoms with E-state index in [9.17, 15) is 0 Å². The highest BCUT2D eigenvalue weighted by Crippen LogP contribution is 2.21. The molecule has 2 aromatic rings. The van der Waals surface area contributed by atoms with Crippen LogP contribution in [0, 0.1) is 18.6 Å². The fraction of sp³-hybridized carbons (Fsp3) is 0.556. The van der Waals surface area contributed by atoms with Crippen LogP contribution in [0.3, 0.4) is 0 Å². The highest BCUT2D eigenvalue weighted by molar-refractivity contribution is 7.71.